The molecule has 0 aromatic heterocycles. The molecule has 0 unspecified atom stereocenters. The summed E-state index contributed by atoms with van der Waals surface area (Å²) >= 11 is 9.50. The number of hydrogen-bond acceptors (Lipinski definition) is 6. The summed E-state index contributed by atoms with van der Waals surface area (Å²) in [4.78, 5) is 30.6. The fourth-order valence-electron chi connectivity index (χ4n) is 3.48. The summed E-state index contributed by atoms with van der Waals surface area (Å²) in [6.45, 7) is 2.68. The van der Waals surface area contributed by atoms with Crippen molar-refractivity contribution in [1.29, 1.82) is 0 Å². The highest BCUT2D eigenvalue weighted by Crippen LogP contribution is 2.38. The molecule has 4 rings (SSSR count). The minimum Gasteiger partial charge on any atom is -0.490 e. The van der Waals surface area contributed by atoms with Crippen LogP contribution >= 0.6 is 46.0 Å². The van der Waals surface area contributed by atoms with Crippen LogP contribution < -0.4 is 9.47 Å². The van der Waals surface area contributed by atoms with Gasteiger partial charge in [-0.3, -0.25) is 9.69 Å². The zero-order chi connectivity index (χ0) is 26.5. The van der Waals surface area contributed by atoms with E-state index >= 15 is 0 Å². The first-order valence-electron chi connectivity index (χ1n) is 11.2. The molecular weight excluding hydrogens is 627 g/mol. The Hall–Kier alpha value is -3.02. The van der Waals surface area contributed by atoms with Gasteiger partial charge in [0.05, 0.1) is 26.3 Å². The first kappa shape index (κ1) is 27.0. The number of aromatic carboxylic acids is 1. The lowest BCUT2D eigenvalue weighted by Gasteiger charge is -2.15. The lowest BCUT2D eigenvalue weighted by molar-refractivity contribution is -0.121. The molecular formula is C27H22ClIN2O5S. The van der Waals surface area contributed by atoms with Crippen molar-refractivity contribution in [1.82, 2.24) is 4.90 Å². The zero-order valence-corrected chi connectivity index (χ0v) is 23.6. The Kier molecular flexibility index (Phi) is 8.78. The molecule has 7 nitrogen and oxygen atoms in total. The summed E-state index contributed by atoms with van der Waals surface area (Å²) in [5.41, 5.74) is 2.30. The van der Waals surface area contributed by atoms with E-state index in [2.05, 4.69) is 27.6 Å². The fourth-order valence-corrected chi connectivity index (χ4v) is 5.46. The predicted octanol–water partition coefficient (Wildman–Crippen LogP) is 6.85. The van der Waals surface area contributed by atoms with E-state index in [1.54, 1.807) is 25.3 Å². The number of hydrogen-bond donors (Lipinski definition) is 1. The van der Waals surface area contributed by atoms with Gasteiger partial charge in [-0.1, -0.05) is 29.8 Å². The molecule has 0 radical (unpaired) electrons. The third-order valence-electron chi connectivity index (χ3n) is 5.22. The first-order valence-corrected chi connectivity index (χ1v) is 13.5. The number of amidine groups is 1. The Morgan fingerprint density at radius 1 is 1.16 bits per heavy atom. The Bertz CT molecular complexity index is 1430. The second-order valence-electron chi connectivity index (χ2n) is 7.91. The van der Waals surface area contributed by atoms with Crippen LogP contribution in [0.2, 0.25) is 5.02 Å². The van der Waals surface area contributed by atoms with Crippen LogP contribution in [-0.2, 0) is 11.4 Å². The Morgan fingerprint density at radius 3 is 2.68 bits per heavy atom. The second-order valence-corrected chi connectivity index (χ2v) is 10.5. The van der Waals surface area contributed by atoms with E-state index in [0.29, 0.717) is 45.5 Å². The summed E-state index contributed by atoms with van der Waals surface area (Å²) < 4.78 is 12.8. The molecule has 37 heavy (non-hydrogen) atoms. The van der Waals surface area contributed by atoms with Gasteiger partial charge in [0.1, 0.15) is 6.61 Å². The van der Waals surface area contributed by atoms with Crippen molar-refractivity contribution in [2.75, 3.05) is 13.7 Å². The number of ether oxygens (including phenoxy) is 2. The highest BCUT2D eigenvalue weighted by Gasteiger charge is 2.30. The molecule has 10 heteroatoms. The Labute approximate surface area is 237 Å². The highest BCUT2D eigenvalue weighted by atomic mass is 127. The topological polar surface area (TPSA) is 88.4 Å². The summed E-state index contributed by atoms with van der Waals surface area (Å²) in [5.74, 6) is -0.0441. The second kappa shape index (κ2) is 12.0. The zero-order valence-electron chi connectivity index (χ0n) is 19.9. The average Bonchev–Trinajstić information content (AvgIpc) is 3.11. The van der Waals surface area contributed by atoms with E-state index in [9.17, 15) is 14.7 Å². The van der Waals surface area contributed by atoms with Crippen molar-refractivity contribution in [3.05, 3.63) is 90.9 Å². The van der Waals surface area contributed by atoms with Gasteiger partial charge in [-0.25, -0.2) is 9.79 Å². The summed E-state index contributed by atoms with van der Waals surface area (Å²) in [6, 6.07) is 17.5. The molecule has 3 aromatic rings. The molecule has 0 aliphatic carbocycles. The van der Waals surface area contributed by atoms with Crippen LogP contribution in [-0.4, -0.2) is 40.7 Å². The number of carbonyl (C=O) groups excluding carboxylic acids is 1. The number of likely N-dealkylation sites (N-methyl/N-ethyl adjacent to an activating group) is 1. The van der Waals surface area contributed by atoms with Crippen LogP contribution in [0.4, 0.5) is 5.69 Å². The Balaban J connectivity index is 1.59. The predicted molar refractivity (Wildman–Crippen MR) is 155 cm³/mol. The maximum atomic E-state index is 12.9. The molecule has 0 bridgehead atoms. The van der Waals surface area contributed by atoms with Gasteiger partial charge in [0, 0.05) is 12.1 Å². The van der Waals surface area contributed by atoms with Crippen molar-refractivity contribution in [3.8, 4) is 11.5 Å². The number of nitrogens with zero attached hydrogens (tertiary/aromatic N) is 2. The lowest BCUT2D eigenvalue weighted by atomic mass is 10.1. The summed E-state index contributed by atoms with van der Waals surface area (Å²) in [7, 11) is 1.64. The van der Waals surface area contributed by atoms with E-state index in [-0.39, 0.29) is 11.5 Å². The molecule has 1 amide bonds. The van der Waals surface area contributed by atoms with Crippen molar-refractivity contribution in [2.24, 2.45) is 4.99 Å². The monoisotopic (exact) mass is 648 g/mol. The maximum Gasteiger partial charge on any atom is 0.335 e. The smallest absolute Gasteiger partial charge is 0.335 e. The van der Waals surface area contributed by atoms with E-state index in [0.717, 1.165) is 14.7 Å². The summed E-state index contributed by atoms with van der Waals surface area (Å²) in [6.07, 6.45) is 1.78. The molecule has 1 saturated heterocycles. The van der Waals surface area contributed by atoms with E-state index in [1.165, 1.54) is 28.8 Å². The molecule has 1 fully saturated rings. The minimum atomic E-state index is -1.04. The van der Waals surface area contributed by atoms with Crippen molar-refractivity contribution >= 4 is 74.8 Å². The molecule has 1 aliphatic heterocycles. The maximum absolute atomic E-state index is 12.9. The number of thioether (sulfide) groups is 1. The van der Waals surface area contributed by atoms with Crippen molar-refractivity contribution < 1.29 is 24.2 Å². The molecule has 1 aliphatic rings. The van der Waals surface area contributed by atoms with Crippen LogP contribution in [0.1, 0.15) is 28.4 Å². The van der Waals surface area contributed by atoms with E-state index < -0.39 is 5.97 Å². The van der Waals surface area contributed by atoms with Crippen LogP contribution in [0.25, 0.3) is 6.08 Å². The largest absolute Gasteiger partial charge is 0.490 e. The van der Waals surface area contributed by atoms with Gasteiger partial charge in [-0.05, 0) is 101 Å². The minimum absolute atomic E-state index is 0.130. The van der Waals surface area contributed by atoms with Gasteiger partial charge in [0.2, 0.25) is 0 Å². The number of amides is 1. The SMILES string of the molecule is CCOc1cc(C=C2SC(=Nc3cccc(C(=O)O)c3)N(C)C2=O)cc(I)c1OCc1cccc(Cl)c1. The fraction of sp³-hybridized carbons (Fsp3) is 0.148. The number of aliphatic imine (C=N–C) groups is 1. The van der Waals surface area contributed by atoms with Gasteiger partial charge in [0.15, 0.2) is 16.7 Å². The number of carboxylic acids is 1. The molecule has 1 heterocycles. The van der Waals surface area contributed by atoms with Gasteiger partial charge in [-0.15, -0.1) is 0 Å². The quantitative estimate of drug-likeness (QED) is 0.212. The van der Waals surface area contributed by atoms with Crippen LogP contribution in [0, 0.1) is 3.57 Å². The number of rotatable bonds is 8. The summed E-state index contributed by atoms with van der Waals surface area (Å²) in [5, 5.41) is 10.3. The van der Waals surface area contributed by atoms with Gasteiger partial charge in [-0.2, -0.15) is 0 Å². The normalized spacial score (nSPS) is 15.5. The highest BCUT2D eigenvalue weighted by molar-refractivity contribution is 14.1. The molecule has 0 saturated carbocycles. The molecule has 1 N–H and O–H groups in total. The van der Waals surface area contributed by atoms with Crippen LogP contribution in [0.3, 0.4) is 0 Å². The molecule has 190 valence electrons. The number of carbonyl (C=O) groups is 2. The average molecular weight is 649 g/mol. The van der Waals surface area contributed by atoms with Crippen molar-refractivity contribution in [2.45, 2.75) is 13.5 Å². The standard InChI is InChI=1S/C27H22ClIN2O5S/c1-3-35-22-12-17(11-21(29)24(22)36-15-16-6-4-8-19(28)10-16)13-23-25(32)31(2)27(37-23)30-20-9-5-7-18(14-20)26(33)34/h4-14H,3,15H2,1-2H3,(H,33,34). The molecule has 0 spiro atoms. The number of halogens is 2. The molecule has 0 atom stereocenters. The third-order valence-corrected chi connectivity index (χ3v) is 7.32. The lowest BCUT2D eigenvalue weighted by Crippen LogP contribution is -2.23. The third kappa shape index (κ3) is 6.65. The van der Waals surface area contributed by atoms with Crippen LogP contribution in [0.5, 0.6) is 11.5 Å². The first-order chi connectivity index (χ1) is 17.7. The number of carboxylic acid groups (broad SMARTS) is 1. The van der Waals surface area contributed by atoms with Crippen molar-refractivity contribution in [3.63, 3.8) is 0 Å². The van der Waals surface area contributed by atoms with Gasteiger partial charge < -0.3 is 14.6 Å². The van der Waals surface area contributed by atoms with E-state index in [1.807, 2.05) is 43.3 Å². The van der Waals surface area contributed by atoms with Gasteiger partial charge >= 0.3 is 5.97 Å². The number of benzene rings is 3. The van der Waals surface area contributed by atoms with Gasteiger partial charge in [0.25, 0.3) is 5.91 Å². The van der Waals surface area contributed by atoms with Crippen LogP contribution in [0.15, 0.2) is 70.6 Å². The Morgan fingerprint density at radius 2 is 1.95 bits per heavy atom. The molecule has 3 aromatic carbocycles. The van der Waals surface area contributed by atoms with E-state index in [4.69, 9.17) is 21.1 Å².